The van der Waals surface area contributed by atoms with E-state index in [1.54, 1.807) is 13.3 Å². The zero-order valence-electron chi connectivity index (χ0n) is 9.51. The second-order valence-corrected chi connectivity index (χ2v) is 4.04. The van der Waals surface area contributed by atoms with Gasteiger partial charge in [0.05, 0.1) is 24.4 Å². The predicted octanol–water partition coefficient (Wildman–Crippen LogP) is 2.68. The molecule has 1 N–H and O–H groups in total. The number of hydrogen-bond donors (Lipinski definition) is 1. The second kappa shape index (κ2) is 4.27. The molecule has 18 heavy (non-hydrogen) atoms. The minimum atomic E-state index is 0.185. The first kappa shape index (κ1) is 11.0. The van der Waals surface area contributed by atoms with Gasteiger partial charge in [0.2, 0.25) is 5.28 Å². The summed E-state index contributed by atoms with van der Waals surface area (Å²) in [7, 11) is 1.62. The fourth-order valence-electron chi connectivity index (χ4n) is 1.80. The van der Waals surface area contributed by atoms with E-state index in [1.165, 1.54) is 0 Å². The van der Waals surface area contributed by atoms with E-state index in [4.69, 9.17) is 16.3 Å². The SMILES string of the molecule is COc1cccc(-c2nc(Cl)nc3[nH]ncc23)c1. The van der Waals surface area contributed by atoms with Gasteiger partial charge in [0.1, 0.15) is 5.75 Å². The second-order valence-electron chi connectivity index (χ2n) is 3.71. The highest BCUT2D eigenvalue weighted by Crippen LogP contribution is 2.28. The highest BCUT2D eigenvalue weighted by atomic mass is 35.5. The van der Waals surface area contributed by atoms with Gasteiger partial charge in [-0.15, -0.1) is 0 Å². The molecule has 3 aromatic rings. The maximum atomic E-state index is 5.90. The van der Waals surface area contributed by atoms with Crippen LogP contribution in [0.5, 0.6) is 5.75 Å². The first-order chi connectivity index (χ1) is 8.78. The van der Waals surface area contributed by atoms with Crippen molar-refractivity contribution >= 4 is 22.6 Å². The Morgan fingerprint density at radius 3 is 3.00 bits per heavy atom. The summed E-state index contributed by atoms with van der Waals surface area (Å²) in [5.74, 6) is 0.763. The molecule has 0 atom stereocenters. The molecule has 2 heterocycles. The lowest BCUT2D eigenvalue weighted by Gasteiger charge is -2.05. The molecule has 0 aliphatic rings. The summed E-state index contributed by atoms with van der Waals surface area (Å²) < 4.78 is 5.20. The van der Waals surface area contributed by atoms with Crippen LogP contribution in [0, 0.1) is 0 Å². The van der Waals surface area contributed by atoms with Crippen LogP contribution >= 0.6 is 11.6 Å². The molecule has 0 aliphatic heterocycles. The van der Waals surface area contributed by atoms with Crippen LogP contribution in [0.25, 0.3) is 22.3 Å². The van der Waals surface area contributed by atoms with Gasteiger partial charge in [-0.2, -0.15) is 10.1 Å². The van der Waals surface area contributed by atoms with E-state index in [9.17, 15) is 0 Å². The van der Waals surface area contributed by atoms with Crippen molar-refractivity contribution in [1.29, 1.82) is 0 Å². The van der Waals surface area contributed by atoms with Crippen molar-refractivity contribution in [1.82, 2.24) is 20.2 Å². The van der Waals surface area contributed by atoms with Gasteiger partial charge >= 0.3 is 0 Å². The molecule has 0 unspecified atom stereocenters. The molecular weight excluding hydrogens is 252 g/mol. The number of hydrogen-bond acceptors (Lipinski definition) is 4. The minimum Gasteiger partial charge on any atom is -0.497 e. The van der Waals surface area contributed by atoms with E-state index in [-0.39, 0.29) is 5.28 Å². The number of H-pyrrole nitrogens is 1. The van der Waals surface area contributed by atoms with E-state index in [2.05, 4.69) is 20.2 Å². The average Bonchev–Trinajstić information content (AvgIpc) is 2.85. The Morgan fingerprint density at radius 2 is 2.17 bits per heavy atom. The van der Waals surface area contributed by atoms with Gasteiger partial charge in [-0.3, -0.25) is 5.10 Å². The molecule has 6 heteroatoms. The van der Waals surface area contributed by atoms with E-state index in [0.717, 1.165) is 22.4 Å². The molecule has 0 radical (unpaired) electrons. The normalized spacial score (nSPS) is 10.8. The Balaban J connectivity index is 2.26. The van der Waals surface area contributed by atoms with Crippen molar-refractivity contribution in [2.75, 3.05) is 7.11 Å². The molecule has 0 saturated heterocycles. The molecule has 0 saturated carbocycles. The van der Waals surface area contributed by atoms with E-state index in [1.807, 2.05) is 24.3 Å². The van der Waals surface area contributed by atoms with Crippen LogP contribution in [-0.4, -0.2) is 27.3 Å². The Kier molecular flexibility index (Phi) is 2.60. The van der Waals surface area contributed by atoms with Crippen molar-refractivity contribution in [2.45, 2.75) is 0 Å². The fraction of sp³-hybridized carbons (Fsp3) is 0.0833. The topological polar surface area (TPSA) is 63.7 Å². The Labute approximate surface area is 108 Å². The van der Waals surface area contributed by atoms with Gasteiger partial charge in [-0.25, -0.2) is 4.98 Å². The fourth-order valence-corrected chi connectivity index (χ4v) is 1.97. The minimum absolute atomic E-state index is 0.185. The van der Waals surface area contributed by atoms with Crippen molar-refractivity contribution in [3.8, 4) is 17.0 Å². The van der Waals surface area contributed by atoms with Crippen molar-refractivity contribution in [3.05, 3.63) is 35.7 Å². The van der Waals surface area contributed by atoms with E-state index >= 15 is 0 Å². The third-order valence-corrected chi connectivity index (χ3v) is 2.79. The monoisotopic (exact) mass is 260 g/mol. The third-order valence-electron chi connectivity index (χ3n) is 2.63. The van der Waals surface area contributed by atoms with Crippen LogP contribution in [0.4, 0.5) is 0 Å². The van der Waals surface area contributed by atoms with Crippen LogP contribution in [0.3, 0.4) is 0 Å². The van der Waals surface area contributed by atoms with Crippen LogP contribution in [-0.2, 0) is 0 Å². The zero-order chi connectivity index (χ0) is 12.5. The average molecular weight is 261 g/mol. The maximum absolute atomic E-state index is 5.90. The molecule has 0 bridgehead atoms. The number of nitrogens with zero attached hydrogens (tertiary/aromatic N) is 3. The number of benzene rings is 1. The summed E-state index contributed by atoms with van der Waals surface area (Å²) in [6.45, 7) is 0. The van der Waals surface area contributed by atoms with Crippen molar-refractivity contribution in [2.24, 2.45) is 0 Å². The summed E-state index contributed by atoms with van der Waals surface area (Å²) in [5.41, 5.74) is 2.26. The van der Waals surface area contributed by atoms with Gasteiger partial charge in [0.15, 0.2) is 5.65 Å². The maximum Gasteiger partial charge on any atom is 0.224 e. The Hall–Kier alpha value is -2.14. The molecule has 0 fully saturated rings. The molecule has 0 amide bonds. The largest absolute Gasteiger partial charge is 0.497 e. The number of ether oxygens (including phenoxy) is 1. The number of aromatic amines is 1. The van der Waals surface area contributed by atoms with Gasteiger partial charge in [0.25, 0.3) is 0 Å². The Bertz CT molecular complexity index is 710. The van der Waals surface area contributed by atoms with E-state index in [0.29, 0.717) is 5.65 Å². The van der Waals surface area contributed by atoms with Crippen molar-refractivity contribution in [3.63, 3.8) is 0 Å². The lowest BCUT2D eigenvalue weighted by Crippen LogP contribution is -1.90. The number of rotatable bonds is 2. The number of aromatic nitrogens is 4. The molecule has 0 spiro atoms. The number of halogens is 1. The first-order valence-corrected chi connectivity index (χ1v) is 5.67. The van der Waals surface area contributed by atoms with Crippen LogP contribution in [0.1, 0.15) is 0 Å². The van der Waals surface area contributed by atoms with Gasteiger partial charge in [0, 0.05) is 5.56 Å². The zero-order valence-corrected chi connectivity index (χ0v) is 10.3. The van der Waals surface area contributed by atoms with Gasteiger partial charge < -0.3 is 4.74 Å². The van der Waals surface area contributed by atoms with Gasteiger partial charge in [-0.1, -0.05) is 12.1 Å². The summed E-state index contributed by atoms with van der Waals surface area (Å²) >= 11 is 5.90. The highest BCUT2D eigenvalue weighted by Gasteiger charge is 2.10. The number of fused-ring (bicyclic) bond motifs is 1. The summed E-state index contributed by atoms with van der Waals surface area (Å²) in [4.78, 5) is 8.33. The Morgan fingerprint density at radius 1 is 1.28 bits per heavy atom. The van der Waals surface area contributed by atoms with Crippen LogP contribution in [0.2, 0.25) is 5.28 Å². The lowest BCUT2D eigenvalue weighted by atomic mass is 10.1. The van der Waals surface area contributed by atoms with Crippen LogP contribution in [0.15, 0.2) is 30.5 Å². The summed E-state index contributed by atoms with van der Waals surface area (Å²) in [6, 6.07) is 7.60. The van der Waals surface area contributed by atoms with E-state index < -0.39 is 0 Å². The number of methoxy groups -OCH3 is 1. The first-order valence-electron chi connectivity index (χ1n) is 5.29. The molecule has 5 nitrogen and oxygen atoms in total. The molecular formula is C12H9ClN4O. The predicted molar refractivity (Wildman–Crippen MR) is 68.7 cm³/mol. The summed E-state index contributed by atoms with van der Waals surface area (Å²) in [5, 5.41) is 7.75. The van der Waals surface area contributed by atoms with Crippen molar-refractivity contribution < 1.29 is 4.74 Å². The third kappa shape index (κ3) is 1.78. The number of nitrogens with one attached hydrogen (secondary N) is 1. The quantitative estimate of drug-likeness (QED) is 0.720. The lowest BCUT2D eigenvalue weighted by molar-refractivity contribution is 0.415. The highest BCUT2D eigenvalue weighted by molar-refractivity contribution is 6.28. The molecule has 3 rings (SSSR count). The summed E-state index contributed by atoms with van der Waals surface area (Å²) in [6.07, 6.45) is 1.68. The molecule has 1 aromatic carbocycles. The van der Waals surface area contributed by atoms with Crippen LogP contribution < -0.4 is 4.74 Å². The molecule has 2 aromatic heterocycles. The molecule has 90 valence electrons. The standard InChI is InChI=1S/C12H9ClN4O/c1-18-8-4-2-3-7(5-8)10-9-6-14-17-11(9)16-12(13)15-10/h2-6H,1H3,(H,14,15,16,17). The smallest absolute Gasteiger partial charge is 0.224 e. The molecule has 0 aliphatic carbocycles. The van der Waals surface area contributed by atoms with Gasteiger partial charge in [-0.05, 0) is 23.7 Å².